The van der Waals surface area contributed by atoms with Crippen molar-refractivity contribution < 1.29 is 4.79 Å². The van der Waals surface area contributed by atoms with Gasteiger partial charge in [-0.2, -0.15) is 0 Å². The van der Waals surface area contributed by atoms with E-state index in [0.29, 0.717) is 21.6 Å². The fraction of sp³-hybridized carbons (Fsp3) is 0.118. The molecule has 1 amide bonds. The molecule has 0 radical (unpaired) electrons. The highest BCUT2D eigenvalue weighted by Crippen LogP contribution is 2.20. The molecule has 2 N–H and O–H groups in total. The molecule has 2 aromatic carbocycles. The highest BCUT2D eigenvalue weighted by Gasteiger charge is 2.10. The molecule has 0 unspecified atom stereocenters. The maximum Gasteiger partial charge on any atom is 0.328 e. The van der Waals surface area contributed by atoms with Crippen LogP contribution in [0.4, 0.5) is 5.69 Å². The van der Waals surface area contributed by atoms with Crippen molar-refractivity contribution >= 4 is 34.1 Å². The lowest BCUT2D eigenvalue weighted by atomic mass is 10.2. The largest absolute Gasteiger partial charge is 0.328 e. The third kappa shape index (κ3) is 3.23. The van der Waals surface area contributed by atoms with Crippen LogP contribution in [-0.4, -0.2) is 15.5 Å². The highest BCUT2D eigenvalue weighted by atomic mass is 35.5. The molecule has 0 aliphatic heterocycles. The summed E-state index contributed by atoms with van der Waals surface area (Å²) in [5, 5.41) is 3.55. The number of aromatic nitrogens is 2. The second-order valence-electron chi connectivity index (χ2n) is 5.21. The number of amides is 1. The van der Waals surface area contributed by atoms with Crippen LogP contribution in [0.15, 0.2) is 58.1 Å². The van der Waals surface area contributed by atoms with Gasteiger partial charge in [0.25, 0.3) is 5.56 Å². The summed E-state index contributed by atoms with van der Waals surface area (Å²) in [5.41, 5.74) is 0.0382. The van der Waals surface area contributed by atoms with Crippen molar-refractivity contribution in [2.45, 2.75) is 13.0 Å². The number of benzene rings is 2. The molecular formula is C17H14ClN3O3. The quantitative estimate of drug-likeness (QED) is 0.762. The van der Waals surface area contributed by atoms with E-state index in [9.17, 15) is 14.4 Å². The van der Waals surface area contributed by atoms with Crippen molar-refractivity contribution in [2.75, 3.05) is 5.32 Å². The molecule has 6 nitrogen and oxygen atoms in total. The molecule has 3 aromatic rings. The van der Waals surface area contributed by atoms with Gasteiger partial charge in [-0.1, -0.05) is 35.9 Å². The Kier molecular flexibility index (Phi) is 4.48. The molecule has 3 rings (SSSR count). The van der Waals surface area contributed by atoms with E-state index in [2.05, 4.69) is 10.3 Å². The number of anilines is 1. The van der Waals surface area contributed by atoms with Crippen LogP contribution in [0.1, 0.15) is 6.42 Å². The van der Waals surface area contributed by atoms with E-state index < -0.39 is 11.2 Å². The lowest BCUT2D eigenvalue weighted by molar-refractivity contribution is -0.116. The minimum Gasteiger partial charge on any atom is -0.325 e. The maximum atomic E-state index is 12.1. The van der Waals surface area contributed by atoms with Gasteiger partial charge >= 0.3 is 5.69 Å². The Balaban J connectivity index is 1.81. The van der Waals surface area contributed by atoms with E-state index in [-0.39, 0.29) is 18.9 Å². The third-order valence-corrected chi connectivity index (χ3v) is 3.95. The Bertz CT molecular complexity index is 1020. The number of rotatable bonds is 4. The monoisotopic (exact) mass is 343 g/mol. The van der Waals surface area contributed by atoms with Crippen LogP contribution in [0.5, 0.6) is 0 Å². The molecule has 0 fully saturated rings. The number of nitrogens with zero attached hydrogens (tertiary/aromatic N) is 1. The lowest BCUT2D eigenvalue weighted by Gasteiger charge is -2.10. The minimum absolute atomic E-state index is 0.0706. The highest BCUT2D eigenvalue weighted by molar-refractivity contribution is 6.33. The van der Waals surface area contributed by atoms with E-state index in [0.717, 1.165) is 0 Å². The summed E-state index contributed by atoms with van der Waals surface area (Å²) in [6.07, 6.45) is 0.0706. The van der Waals surface area contributed by atoms with Crippen LogP contribution in [-0.2, 0) is 11.3 Å². The zero-order valence-electron chi connectivity index (χ0n) is 12.6. The number of halogens is 1. The first-order valence-electron chi connectivity index (χ1n) is 7.32. The average molecular weight is 344 g/mol. The van der Waals surface area contributed by atoms with E-state index in [1.165, 1.54) is 4.57 Å². The van der Waals surface area contributed by atoms with Crippen molar-refractivity contribution in [3.8, 4) is 0 Å². The van der Waals surface area contributed by atoms with Gasteiger partial charge in [-0.25, -0.2) is 4.79 Å². The molecule has 122 valence electrons. The first-order chi connectivity index (χ1) is 11.6. The molecule has 0 spiro atoms. The van der Waals surface area contributed by atoms with E-state index in [1.54, 1.807) is 48.5 Å². The minimum atomic E-state index is -0.538. The molecule has 0 aliphatic rings. The van der Waals surface area contributed by atoms with Crippen LogP contribution in [0.25, 0.3) is 10.9 Å². The van der Waals surface area contributed by atoms with Gasteiger partial charge in [0.05, 0.1) is 21.6 Å². The number of para-hydroxylation sites is 2. The van der Waals surface area contributed by atoms with Crippen LogP contribution in [0, 0.1) is 0 Å². The Labute approximate surface area is 141 Å². The number of carbonyl (C=O) groups excluding carboxylic acids is 1. The molecule has 7 heteroatoms. The average Bonchev–Trinajstić information content (AvgIpc) is 2.57. The summed E-state index contributed by atoms with van der Waals surface area (Å²) in [6.45, 7) is 0.145. The number of fused-ring (bicyclic) bond motifs is 1. The number of carbonyl (C=O) groups is 1. The topological polar surface area (TPSA) is 84.0 Å². The third-order valence-electron chi connectivity index (χ3n) is 3.62. The number of nitrogens with one attached hydrogen (secondary N) is 2. The SMILES string of the molecule is O=C(CCn1c(=O)[nH]c(=O)c2ccccc21)Nc1ccccc1Cl. The van der Waals surface area contributed by atoms with Gasteiger partial charge in [-0.15, -0.1) is 0 Å². The summed E-state index contributed by atoms with van der Waals surface area (Å²) in [5.74, 6) is -0.273. The molecule has 1 aromatic heterocycles. The molecule has 0 saturated carbocycles. The van der Waals surface area contributed by atoms with Crippen molar-refractivity contribution in [3.05, 3.63) is 74.4 Å². The molecule has 1 heterocycles. The number of hydrogen-bond donors (Lipinski definition) is 2. The number of aryl methyl sites for hydroxylation is 1. The first-order valence-corrected chi connectivity index (χ1v) is 7.70. The zero-order valence-corrected chi connectivity index (χ0v) is 13.3. The van der Waals surface area contributed by atoms with E-state index >= 15 is 0 Å². The Hall–Kier alpha value is -2.86. The molecule has 0 bridgehead atoms. The fourth-order valence-corrected chi connectivity index (χ4v) is 2.64. The normalized spacial score (nSPS) is 10.7. The van der Waals surface area contributed by atoms with Gasteiger partial charge in [0.1, 0.15) is 0 Å². The van der Waals surface area contributed by atoms with Crippen molar-refractivity contribution in [3.63, 3.8) is 0 Å². The standard InChI is InChI=1S/C17H14ClN3O3/c18-12-6-2-3-7-13(12)19-15(22)9-10-21-14-8-4-1-5-11(14)16(23)20-17(21)24/h1-8H,9-10H2,(H,19,22)(H,20,23,24). The van der Waals surface area contributed by atoms with Gasteiger partial charge in [0, 0.05) is 13.0 Å². The van der Waals surface area contributed by atoms with Gasteiger partial charge in [0.2, 0.25) is 5.91 Å². The maximum absolute atomic E-state index is 12.1. The van der Waals surface area contributed by atoms with Gasteiger partial charge in [-0.05, 0) is 24.3 Å². The molecule has 0 aliphatic carbocycles. The van der Waals surface area contributed by atoms with Crippen molar-refractivity contribution in [2.24, 2.45) is 0 Å². The summed E-state index contributed by atoms with van der Waals surface area (Å²) in [7, 11) is 0. The van der Waals surface area contributed by atoms with Crippen LogP contribution in [0.2, 0.25) is 5.02 Å². The number of hydrogen-bond acceptors (Lipinski definition) is 3. The zero-order chi connectivity index (χ0) is 17.1. The lowest BCUT2D eigenvalue weighted by Crippen LogP contribution is -2.31. The first kappa shape index (κ1) is 16.0. The second kappa shape index (κ2) is 6.72. The van der Waals surface area contributed by atoms with E-state index in [1.807, 2.05) is 0 Å². The molecule has 0 saturated heterocycles. The predicted octanol–water partition coefficient (Wildman–Crippen LogP) is 2.37. The summed E-state index contributed by atoms with van der Waals surface area (Å²) >= 11 is 6.00. The second-order valence-corrected chi connectivity index (χ2v) is 5.61. The van der Waals surface area contributed by atoms with Gasteiger partial charge in [-0.3, -0.25) is 19.1 Å². The van der Waals surface area contributed by atoms with E-state index in [4.69, 9.17) is 11.6 Å². The number of aromatic amines is 1. The molecule has 0 atom stereocenters. The van der Waals surface area contributed by atoms with Crippen LogP contribution in [0.3, 0.4) is 0 Å². The predicted molar refractivity (Wildman–Crippen MR) is 93.5 cm³/mol. The van der Waals surface area contributed by atoms with Crippen molar-refractivity contribution in [1.82, 2.24) is 9.55 Å². The van der Waals surface area contributed by atoms with Crippen LogP contribution >= 0.6 is 11.6 Å². The van der Waals surface area contributed by atoms with Gasteiger partial charge in [0.15, 0.2) is 0 Å². The number of H-pyrrole nitrogens is 1. The Morgan fingerprint density at radius 3 is 2.58 bits per heavy atom. The smallest absolute Gasteiger partial charge is 0.325 e. The van der Waals surface area contributed by atoms with Crippen LogP contribution < -0.4 is 16.6 Å². The molecular weight excluding hydrogens is 330 g/mol. The fourth-order valence-electron chi connectivity index (χ4n) is 2.45. The summed E-state index contributed by atoms with van der Waals surface area (Å²) < 4.78 is 1.38. The Morgan fingerprint density at radius 2 is 1.79 bits per heavy atom. The van der Waals surface area contributed by atoms with Crippen molar-refractivity contribution in [1.29, 1.82) is 0 Å². The molecule has 24 heavy (non-hydrogen) atoms. The Morgan fingerprint density at radius 1 is 1.08 bits per heavy atom. The summed E-state index contributed by atoms with van der Waals surface area (Å²) in [6, 6.07) is 13.7. The summed E-state index contributed by atoms with van der Waals surface area (Å²) in [4.78, 5) is 38.2. The van der Waals surface area contributed by atoms with Gasteiger partial charge < -0.3 is 5.32 Å².